The number of rotatable bonds is 2. The number of benzene rings is 2. The van der Waals surface area contributed by atoms with Gasteiger partial charge in [0.2, 0.25) is 0 Å². The highest BCUT2D eigenvalue weighted by Gasteiger charge is 2.26. The van der Waals surface area contributed by atoms with E-state index in [2.05, 4.69) is 58.6 Å². The molecule has 3 heteroatoms. The first kappa shape index (κ1) is 11.8. The lowest BCUT2D eigenvalue weighted by molar-refractivity contribution is 0.529. The van der Waals surface area contributed by atoms with E-state index in [-0.39, 0.29) is 6.04 Å². The smallest absolute Gasteiger partial charge is 0.0423 e. The lowest BCUT2D eigenvalue weighted by atomic mass is 9.77. The molecule has 2 aromatic rings. The molecule has 0 fully saturated rings. The van der Waals surface area contributed by atoms with E-state index < -0.39 is 0 Å². The SMILES string of the molecule is [N-]=[N+]=N[C@@H]1Cc2ccccc2[C@H](c2ccccc2)C1. The van der Waals surface area contributed by atoms with Gasteiger partial charge in [0.15, 0.2) is 0 Å². The van der Waals surface area contributed by atoms with Crippen LogP contribution in [-0.2, 0) is 6.42 Å². The number of azide groups is 1. The van der Waals surface area contributed by atoms with Gasteiger partial charge >= 0.3 is 0 Å². The fraction of sp³-hybridized carbons (Fsp3) is 0.250. The summed E-state index contributed by atoms with van der Waals surface area (Å²) in [6.07, 6.45) is 1.74. The van der Waals surface area contributed by atoms with Crippen molar-refractivity contribution in [3.63, 3.8) is 0 Å². The van der Waals surface area contributed by atoms with Crippen molar-refractivity contribution in [2.24, 2.45) is 5.11 Å². The Labute approximate surface area is 112 Å². The normalized spacial score (nSPS) is 21.3. The molecule has 0 unspecified atom stereocenters. The Morgan fingerprint density at radius 3 is 2.53 bits per heavy atom. The number of fused-ring (bicyclic) bond motifs is 1. The molecule has 0 heterocycles. The molecule has 2 aromatic carbocycles. The van der Waals surface area contributed by atoms with Gasteiger partial charge in [0.25, 0.3) is 0 Å². The first-order chi connectivity index (χ1) is 9.38. The zero-order chi connectivity index (χ0) is 13.1. The van der Waals surface area contributed by atoms with Crippen molar-refractivity contribution in [3.8, 4) is 0 Å². The van der Waals surface area contributed by atoms with E-state index in [0.717, 1.165) is 12.8 Å². The van der Waals surface area contributed by atoms with Crippen LogP contribution in [0.4, 0.5) is 0 Å². The van der Waals surface area contributed by atoms with Crippen molar-refractivity contribution >= 4 is 0 Å². The average molecular weight is 249 g/mol. The zero-order valence-electron chi connectivity index (χ0n) is 10.6. The summed E-state index contributed by atoms with van der Waals surface area (Å²) >= 11 is 0. The van der Waals surface area contributed by atoms with Crippen molar-refractivity contribution in [3.05, 3.63) is 81.7 Å². The van der Waals surface area contributed by atoms with Crippen molar-refractivity contribution < 1.29 is 0 Å². The molecule has 0 amide bonds. The van der Waals surface area contributed by atoms with Crippen molar-refractivity contribution in [2.75, 3.05) is 0 Å². The minimum Gasteiger partial charge on any atom is -0.0902 e. The van der Waals surface area contributed by atoms with E-state index in [0.29, 0.717) is 5.92 Å². The van der Waals surface area contributed by atoms with Crippen LogP contribution in [0, 0.1) is 0 Å². The fourth-order valence-corrected chi connectivity index (χ4v) is 2.96. The molecule has 0 aliphatic heterocycles. The number of hydrogen-bond donors (Lipinski definition) is 0. The second kappa shape index (κ2) is 5.17. The van der Waals surface area contributed by atoms with Gasteiger partial charge in [-0.25, -0.2) is 0 Å². The van der Waals surface area contributed by atoms with Crippen LogP contribution < -0.4 is 0 Å². The first-order valence-electron chi connectivity index (χ1n) is 6.55. The highest BCUT2D eigenvalue weighted by atomic mass is 15.1. The van der Waals surface area contributed by atoms with E-state index in [1.165, 1.54) is 16.7 Å². The van der Waals surface area contributed by atoms with Crippen molar-refractivity contribution in [1.29, 1.82) is 0 Å². The van der Waals surface area contributed by atoms with Gasteiger partial charge in [-0.3, -0.25) is 0 Å². The minimum absolute atomic E-state index is 0.0603. The average Bonchev–Trinajstić information content (AvgIpc) is 2.48. The third kappa shape index (κ3) is 2.33. The van der Waals surface area contributed by atoms with Crippen LogP contribution in [0.15, 0.2) is 59.7 Å². The Morgan fingerprint density at radius 2 is 1.74 bits per heavy atom. The van der Waals surface area contributed by atoms with E-state index in [9.17, 15) is 0 Å². The maximum absolute atomic E-state index is 8.68. The molecule has 0 N–H and O–H groups in total. The molecular formula is C16H15N3. The van der Waals surface area contributed by atoms with Crippen LogP contribution >= 0.6 is 0 Å². The van der Waals surface area contributed by atoms with Crippen LogP contribution in [0.25, 0.3) is 10.4 Å². The van der Waals surface area contributed by atoms with Gasteiger partial charge in [-0.2, -0.15) is 0 Å². The Bertz CT molecular complexity index is 615. The molecule has 0 saturated heterocycles. The maximum Gasteiger partial charge on any atom is 0.0423 e. The summed E-state index contributed by atoms with van der Waals surface area (Å²) in [6.45, 7) is 0. The highest BCUT2D eigenvalue weighted by molar-refractivity contribution is 5.40. The molecule has 19 heavy (non-hydrogen) atoms. The molecule has 1 aliphatic carbocycles. The highest BCUT2D eigenvalue weighted by Crippen LogP contribution is 2.37. The zero-order valence-corrected chi connectivity index (χ0v) is 10.6. The van der Waals surface area contributed by atoms with E-state index in [1.807, 2.05) is 6.07 Å². The van der Waals surface area contributed by atoms with Crippen molar-refractivity contribution in [1.82, 2.24) is 0 Å². The van der Waals surface area contributed by atoms with Gasteiger partial charge < -0.3 is 0 Å². The third-order valence-electron chi connectivity index (χ3n) is 3.81. The van der Waals surface area contributed by atoms with E-state index in [4.69, 9.17) is 5.53 Å². The molecule has 94 valence electrons. The first-order valence-corrected chi connectivity index (χ1v) is 6.55. The monoisotopic (exact) mass is 249 g/mol. The Balaban J connectivity index is 2.05. The molecule has 0 saturated carbocycles. The van der Waals surface area contributed by atoms with Gasteiger partial charge in [-0.05, 0) is 35.1 Å². The van der Waals surface area contributed by atoms with E-state index >= 15 is 0 Å². The van der Waals surface area contributed by atoms with E-state index in [1.54, 1.807) is 0 Å². The third-order valence-corrected chi connectivity index (χ3v) is 3.81. The summed E-state index contributed by atoms with van der Waals surface area (Å²) in [5.41, 5.74) is 12.7. The summed E-state index contributed by atoms with van der Waals surface area (Å²) in [7, 11) is 0. The molecule has 1 aliphatic rings. The van der Waals surface area contributed by atoms with Gasteiger partial charge in [0.05, 0.1) is 0 Å². The number of hydrogen-bond acceptors (Lipinski definition) is 1. The molecule has 0 spiro atoms. The lowest BCUT2D eigenvalue weighted by Gasteiger charge is -2.29. The second-order valence-electron chi connectivity index (χ2n) is 4.96. The fourth-order valence-electron chi connectivity index (χ4n) is 2.96. The van der Waals surface area contributed by atoms with Gasteiger partial charge in [-0.15, -0.1) is 0 Å². The summed E-state index contributed by atoms with van der Waals surface area (Å²) in [4.78, 5) is 2.99. The predicted octanol–water partition coefficient (Wildman–Crippen LogP) is 4.44. The summed E-state index contributed by atoms with van der Waals surface area (Å²) in [5, 5.41) is 3.94. The van der Waals surface area contributed by atoms with Crippen LogP contribution in [-0.4, -0.2) is 6.04 Å². The molecule has 0 aromatic heterocycles. The van der Waals surface area contributed by atoms with Crippen LogP contribution in [0.1, 0.15) is 29.0 Å². The molecule has 0 bridgehead atoms. The van der Waals surface area contributed by atoms with Crippen LogP contribution in [0.2, 0.25) is 0 Å². The quantitative estimate of drug-likeness (QED) is 0.429. The molecule has 2 atom stereocenters. The molecule has 3 rings (SSSR count). The van der Waals surface area contributed by atoms with Gasteiger partial charge in [0.1, 0.15) is 0 Å². The second-order valence-corrected chi connectivity index (χ2v) is 4.96. The van der Waals surface area contributed by atoms with Crippen molar-refractivity contribution in [2.45, 2.75) is 24.8 Å². The largest absolute Gasteiger partial charge is 0.0902 e. The van der Waals surface area contributed by atoms with Crippen LogP contribution in [0.5, 0.6) is 0 Å². The molecular weight excluding hydrogens is 234 g/mol. The Hall–Kier alpha value is -2.25. The van der Waals surface area contributed by atoms with Gasteiger partial charge in [-0.1, -0.05) is 59.7 Å². The summed E-state index contributed by atoms with van der Waals surface area (Å²) in [5.74, 6) is 0.335. The van der Waals surface area contributed by atoms with Crippen LogP contribution in [0.3, 0.4) is 0 Å². The Kier molecular flexibility index (Phi) is 3.21. The summed E-state index contributed by atoms with van der Waals surface area (Å²) in [6, 6.07) is 19.0. The minimum atomic E-state index is 0.0603. The van der Waals surface area contributed by atoms with Gasteiger partial charge in [0, 0.05) is 16.9 Å². The number of nitrogens with zero attached hydrogens (tertiary/aromatic N) is 3. The standard InChI is InChI=1S/C16H15N3/c17-19-18-14-10-13-8-4-5-9-15(13)16(11-14)12-6-2-1-3-7-12/h1-9,14,16H,10-11H2/t14-,16+/m1/s1. The predicted molar refractivity (Wildman–Crippen MR) is 76.0 cm³/mol. The summed E-state index contributed by atoms with van der Waals surface area (Å²) < 4.78 is 0. The Morgan fingerprint density at radius 1 is 1.00 bits per heavy atom. The molecule has 0 radical (unpaired) electrons. The lowest BCUT2D eigenvalue weighted by Crippen LogP contribution is -2.21. The topological polar surface area (TPSA) is 48.8 Å². The maximum atomic E-state index is 8.68. The molecule has 3 nitrogen and oxygen atoms in total.